The van der Waals surface area contributed by atoms with Crippen molar-refractivity contribution in [3.8, 4) is 11.5 Å². The minimum atomic E-state index is 0.258. The Hall–Kier alpha value is -1.44. The smallest absolute Gasteiger partial charge is 0.120 e. The molecule has 0 saturated carbocycles. The van der Waals surface area contributed by atoms with Crippen molar-refractivity contribution in [3.63, 3.8) is 0 Å². The quantitative estimate of drug-likeness (QED) is 0.695. The van der Waals surface area contributed by atoms with Crippen molar-refractivity contribution in [2.24, 2.45) is 0 Å². The Morgan fingerprint density at radius 2 is 2.00 bits per heavy atom. The van der Waals surface area contributed by atoms with Gasteiger partial charge in [0, 0.05) is 0 Å². The molecule has 0 unspecified atom stereocenters. The molecule has 0 saturated heterocycles. The average molecular weight is 164 g/mol. The predicted molar refractivity (Wildman–Crippen MR) is 48.4 cm³/mol. The Morgan fingerprint density at radius 1 is 1.33 bits per heavy atom. The van der Waals surface area contributed by atoms with Crippen LogP contribution in [0.5, 0.6) is 11.5 Å². The standard InChI is InChI=1S/C10H12O2/c1-2-3-8-12-10-6-4-9(11)5-7-10/h2-7,11H,8H2,1H3/b3-2+. The minimum Gasteiger partial charge on any atom is -0.508 e. The first-order valence-corrected chi connectivity index (χ1v) is 3.86. The van der Waals surface area contributed by atoms with E-state index in [1.54, 1.807) is 24.3 Å². The van der Waals surface area contributed by atoms with Gasteiger partial charge in [-0.2, -0.15) is 0 Å². The summed E-state index contributed by atoms with van der Waals surface area (Å²) in [5, 5.41) is 8.96. The summed E-state index contributed by atoms with van der Waals surface area (Å²) in [5.74, 6) is 1.03. The molecule has 0 fully saturated rings. The van der Waals surface area contributed by atoms with Crippen molar-refractivity contribution in [2.45, 2.75) is 6.92 Å². The zero-order chi connectivity index (χ0) is 8.81. The second-order valence-electron chi connectivity index (χ2n) is 2.37. The summed E-state index contributed by atoms with van der Waals surface area (Å²) in [4.78, 5) is 0. The highest BCUT2D eigenvalue weighted by atomic mass is 16.5. The molecule has 2 heteroatoms. The fourth-order valence-electron chi connectivity index (χ4n) is 0.783. The average Bonchev–Trinajstić information content (AvgIpc) is 2.09. The van der Waals surface area contributed by atoms with Gasteiger partial charge >= 0.3 is 0 Å². The first-order valence-electron chi connectivity index (χ1n) is 3.86. The van der Waals surface area contributed by atoms with E-state index in [1.165, 1.54) is 0 Å². The monoisotopic (exact) mass is 164 g/mol. The Bertz CT molecular complexity index is 249. The zero-order valence-corrected chi connectivity index (χ0v) is 7.03. The lowest BCUT2D eigenvalue weighted by Gasteiger charge is -2.01. The molecule has 64 valence electrons. The highest BCUT2D eigenvalue weighted by molar-refractivity contribution is 5.30. The largest absolute Gasteiger partial charge is 0.508 e. The maximum absolute atomic E-state index is 8.96. The molecule has 2 nitrogen and oxygen atoms in total. The molecule has 1 aromatic carbocycles. The normalized spacial score (nSPS) is 10.4. The third-order valence-electron chi connectivity index (χ3n) is 1.42. The van der Waals surface area contributed by atoms with E-state index in [9.17, 15) is 0 Å². The SMILES string of the molecule is C/C=C/COc1ccc(O)cc1. The second kappa shape index (κ2) is 4.44. The lowest BCUT2D eigenvalue weighted by atomic mass is 10.3. The third kappa shape index (κ3) is 2.66. The number of hydrogen-bond acceptors (Lipinski definition) is 2. The number of aromatic hydroxyl groups is 1. The van der Waals surface area contributed by atoms with Crippen LogP contribution < -0.4 is 4.74 Å². The predicted octanol–water partition coefficient (Wildman–Crippen LogP) is 2.35. The van der Waals surface area contributed by atoms with Crippen LogP contribution in [0.15, 0.2) is 36.4 Å². The lowest BCUT2D eigenvalue weighted by molar-refractivity contribution is 0.361. The van der Waals surface area contributed by atoms with Gasteiger partial charge in [-0.05, 0) is 31.2 Å². The van der Waals surface area contributed by atoms with Gasteiger partial charge in [-0.15, -0.1) is 0 Å². The molecule has 0 heterocycles. The lowest BCUT2D eigenvalue weighted by Crippen LogP contribution is -1.91. The van der Waals surface area contributed by atoms with Crippen LogP contribution in [0.1, 0.15) is 6.92 Å². The highest BCUT2D eigenvalue weighted by Crippen LogP contribution is 2.15. The van der Waals surface area contributed by atoms with E-state index in [0.717, 1.165) is 5.75 Å². The molecule has 1 rings (SSSR count). The van der Waals surface area contributed by atoms with Gasteiger partial charge in [0.25, 0.3) is 0 Å². The molecular formula is C10H12O2. The fraction of sp³-hybridized carbons (Fsp3) is 0.200. The Kier molecular flexibility index (Phi) is 3.20. The van der Waals surface area contributed by atoms with Crippen molar-refractivity contribution >= 4 is 0 Å². The molecule has 0 bridgehead atoms. The van der Waals surface area contributed by atoms with Gasteiger partial charge in [0.05, 0.1) is 0 Å². The molecular weight excluding hydrogens is 152 g/mol. The van der Waals surface area contributed by atoms with Gasteiger partial charge in [-0.3, -0.25) is 0 Å². The van der Waals surface area contributed by atoms with Gasteiger partial charge in [-0.25, -0.2) is 0 Å². The van der Waals surface area contributed by atoms with Crippen LogP contribution in [0.3, 0.4) is 0 Å². The number of rotatable bonds is 3. The molecule has 0 aliphatic rings. The summed E-state index contributed by atoms with van der Waals surface area (Å²) in [7, 11) is 0. The summed E-state index contributed by atoms with van der Waals surface area (Å²) >= 11 is 0. The van der Waals surface area contributed by atoms with Gasteiger partial charge in [-0.1, -0.05) is 12.2 Å². The van der Waals surface area contributed by atoms with E-state index in [-0.39, 0.29) is 5.75 Å². The van der Waals surface area contributed by atoms with Crippen LogP contribution in [0, 0.1) is 0 Å². The van der Waals surface area contributed by atoms with Crippen molar-refractivity contribution in [1.29, 1.82) is 0 Å². The summed E-state index contributed by atoms with van der Waals surface area (Å²) in [5.41, 5.74) is 0. The Morgan fingerprint density at radius 3 is 2.58 bits per heavy atom. The van der Waals surface area contributed by atoms with E-state index in [0.29, 0.717) is 6.61 Å². The van der Waals surface area contributed by atoms with Crippen molar-refractivity contribution < 1.29 is 9.84 Å². The van der Waals surface area contributed by atoms with Gasteiger partial charge < -0.3 is 9.84 Å². The minimum absolute atomic E-state index is 0.258. The summed E-state index contributed by atoms with van der Waals surface area (Å²) < 4.78 is 5.30. The molecule has 12 heavy (non-hydrogen) atoms. The first-order chi connectivity index (χ1) is 5.83. The van der Waals surface area contributed by atoms with Crippen LogP contribution in [-0.2, 0) is 0 Å². The maximum atomic E-state index is 8.96. The summed E-state index contributed by atoms with van der Waals surface area (Å²) in [6.45, 7) is 2.52. The van der Waals surface area contributed by atoms with Gasteiger partial charge in [0.2, 0.25) is 0 Å². The second-order valence-corrected chi connectivity index (χ2v) is 2.37. The van der Waals surface area contributed by atoms with E-state index in [4.69, 9.17) is 9.84 Å². The number of benzene rings is 1. The molecule has 0 spiro atoms. The van der Waals surface area contributed by atoms with Crippen molar-refractivity contribution in [3.05, 3.63) is 36.4 Å². The van der Waals surface area contributed by atoms with E-state index in [2.05, 4.69) is 0 Å². The molecule has 0 atom stereocenters. The topological polar surface area (TPSA) is 29.5 Å². The fourth-order valence-corrected chi connectivity index (χ4v) is 0.783. The van der Waals surface area contributed by atoms with Crippen molar-refractivity contribution in [1.82, 2.24) is 0 Å². The number of allylic oxidation sites excluding steroid dienone is 1. The van der Waals surface area contributed by atoms with Gasteiger partial charge in [0.15, 0.2) is 0 Å². The first kappa shape index (κ1) is 8.65. The van der Waals surface area contributed by atoms with Crippen molar-refractivity contribution in [2.75, 3.05) is 6.61 Å². The van der Waals surface area contributed by atoms with Crippen LogP contribution in [0.25, 0.3) is 0 Å². The molecule has 1 N–H and O–H groups in total. The van der Waals surface area contributed by atoms with Gasteiger partial charge in [0.1, 0.15) is 18.1 Å². The van der Waals surface area contributed by atoms with E-state index in [1.807, 2.05) is 19.1 Å². The highest BCUT2D eigenvalue weighted by Gasteiger charge is 1.90. The number of phenolic OH excluding ortho intramolecular Hbond substituents is 1. The molecule has 0 radical (unpaired) electrons. The third-order valence-corrected chi connectivity index (χ3v) is 1.42. The van der Waals surface area contributed by atoms with Crippen LogP contribution in [-0.4, -0.2) is 11.7 Å². The molecule has 0 aliphatic carbocycles. The Labute approximate surface area is 72.1 Å². The summed E-state index contributed by atoms with van der Waals surface area (Å²) in [6.07, 6.45) is 3.85. The molecule has 0 amide bonds. The van der Waals surface area contributed by atoms with Crippen LogP contribution in [0.2, 0.25) is 0 Å². The molecule has 1 aromatic rings. The van der Waals surface area contributed by atoms with Crippen LogP contribution in [0.4, 0.5) is 0 Å². The number of ether oxygens (including phenoxy) is 1. The molecule has 0 aliphatic heterocycles. The Balaban J connectivity index is 2.47. The van der Waals surface area contributed by atoms with E-state index < -0.39 is 0 Å². The zero-order valence-electron chi connectivity index (χ0n) is 7.03. The van der Waals surface area contributed by atoms with E-state index >= 15 is 0 Å². The number of hydrogen-bond donors (Lipinski definition) is 1. The molecule has 0 aromatic heterocycles. The maximum Gasteiger partial charge on any atom is 0.120 e. The number of phenols is 1. The summed E-state index contributed by atoms with van der Waals surface area (Å²) in [6, 6.07) is 6.67. The van der Waals surface area contributed by atoms with Crippen LogP contribution >= 0.6 is 0 Å².